The third-order valence-corrected chi connectivity index (χ3v) is 6.87. The molecule has 34 heavy (non-hydrogen) atoms. The molecule has 2 saturated heterocycles. The zero-order valence-corrected chi connectivity index (χ0v) is 19.4. The van der Waals surface area contributed by atoms with E-state index in [9.17, 15) is 14.3 Å². The summed E-state index contributed by atoms with van der Waals surface area (Å²) in [5.41, 5.74) is -1.03. The van der Waals surface area contributed by atoms with Crippen LogP contribution in [0.2, 0.25) is 0 Å². The van der Waals surface area contributed by atoms with Gasteiger partial charge in [0.15, 0.2) is 11.6 Å². The Balaban J connectivity index is 1.78. The number of nitrogens with one attached hydrogen (secondary N) is 1. The summed E-state index contributed by atoms with van der Waals surface area (Å²) >= 11 is 0. The SMILES string of the molecule is COc1cccc(F)c1-c1nc(N2C[C@@H](O)CC2(C)C)c2c(c1F)OCC1CNCCN1C2=O. The van der Waals surface area contributed by atoms with Crippen molar-refractivity contribution in [2.24, 2.45) is 0 Å². The highest BCUT2D eigenvalue weighted by atomic mass is 19.1. The fourth-order valence-corrected chi connectivity index (χ4v) is 5.21. The number of aliphatic hydroxyl groups is 1. The van der Waals surface area contributed by atoms with Gasteiger partial charge in [-0.1, -0.05) is 6.07 Å². The van der Waals surface area contributed by atoms with Crippen molar-refractivity contribution < 1.29 is 28.2 Å². The molecular formula is C24H28F2N4O4. The van der Waals surface area contributed by atoms with Gasteiger partial charge in [-0.25, -0.2) is 13.8 Å². The largest absolute Gasteiger partial charge is 0.496 e. The molecule has 2 N–H and O–H groups in total. The van der Waals surface area contributed by atoms with E-state index in [1.54, 1.807) is 9.80 Å². The lowest BCUT2D eigenvalue weighted by Gasteiger charge is -2.36. The van der Waals surface area contributed by atoms with Crippen molar-refractivity contribution in [2.75, 3.05) is 44.8 Å². The van der Waals surface area contributed by atoms with Crippen LogP contribution in [0, 0.1) is 11.6 Å². The maximum absolute atomic E-state index is 16.0. The average molecular weight is 475 g/mol. The number of halogens is 2. The second kappa shape index (κ2) is 8.35. The lowest BCUT2D eigenvalue weighted by molar-refractivity contribution is 0.0606. The van der Waals surface area contributed by atoms with E-state index < -0.39 is 23.3 Å². The molecule has 0 aliphatic carbocycles. The summed E-state index contributed by atoms with van der Waals surface area (Å²) in [7, 11) is 1.37. The number of aliphatic hydroxyl groups excluding tert-OH is 1. The predicted molar refractivity (Wildman–Crippen MR) is 121 cm³/mol. The molecule has 0 radical (unpaired) electrons. The molecule has 10 heteroatoms. The minimum absolute atomic E-state index is 0.00290. The van der Waals surface area contributed by atoms with E-state index in [4.69, 9.17) is 9.47 Å². The molecule has 0 bridgehead atoms. The number of hydrogen-bond acceptors (Lipinski definition) is 7. The highest BCUT2D eigenvalue weighted by Gasteiger charge is 2.44. The van der Waals surface area contributed by atoms with Gasteiger partial charge in [-0.15, -0.1) is 0 Å². The number of anilines is 1. The second-order valence-electron chi connectivity index (χ2n) is 9.57. The molecule has 182 valence electrons. The Bertz CT molecular complexity index is 1140. The van der Waals surface area contributed by atoms with Gasteiger partial charge >= 0.3 is 0 Å². The number of piperazine rings is 1. The number of hydrogen-bond donors (Lipinski definition) is 2. The molecule has 0 saturated carbocycles. The van der Waals surface area contributed by atoms with E-state index >= 15 is 4.39 Å². The van der Waals surface area contributed by atoms with E-state index in [0.29, 0.717) is 26.1 Å². The number of ether oxygens (including phenoxy) is 2. The molecule has 5 rings (SSSR count). The Morgan fingerprint density at radius 1 is 1.29 bits per heavy atom. The van der Waals surface area contributed by atoms with Crippen molar-refractivity contribution in [3.63, 3.8) is 0 Å². The summed E-state index contributed by atoms with van der Waals surface area (Å²) in [5, 5.41) is 13.6. The van der Waals surface area contributed by atoms with Crippen LogP contribution in [0.3, 0.4) is 0 Å². The van der Waals surface area contributed by atoms with Gasteiger partial charge in [-0.2, -0.15) is 0 Å². The van der Waals surface area contributed by atoms with Gasteiger partial charge in [-0.3, -0.25) is 4.79 Å². The van der Waals surface area contributed by atoms with Crippen molar-refractivity contribution in [3.05, 3.63) is 35.4 Å². The zero-order chi connectivity index (χ0) is 24.2. The van der Waals surface area contributed by atoms with Crippen LogP contribution >= 0.6 is 0 Å². The molecule has 1 aromatic heterocycles. The average Bonchev–Trinajstić information content (AvgIpc) is 2.99. The number of amides is 1. The first-order valence-corrected chi connectivity index (χ1v) is 11.4. The number of aromatic nitrogens is 1. The third kappa shape index (κ3) is 3.56. The molecule has 0 spiro atoms. The summed E-state index contributed by atoms with van der Waals surface area (Å²) in [5.74, 6) is -1.98. The van der Waals surface area contributed by atoms with Crippen LogP contribution in [0.15, 0.2) is 18.2 Å². The minimum atomic E-state index is -0.916. The Kier molecular flexibility index (Phi) is 5.60. The molecule has 2 aromatic rings. The van der Waals surface area contributed by atoms with Crippen molar-refractivity contribution in [1.29, 1.82) is 0 Å². The Hall–Kier alpha value is -2.98. The normalized spacial score (nSPS) is 23.8. The van der Waals surface area contributed by atoms with Crippen LogP contribution in [0.4, 0.5) is 14.6 Å². The number of nitrogens with zero attached hydrogens (tertiary/aromatic N) is 3. The number of rotatable bonds is 3. The minimum Gasteiger partial charge on any atom is -0.496 e. The standard InChI is InChI=1S/C24H28F2N4O4/c1-24(2)9-14(31)11-30(24)22-18-21(34-12-13-10-27-7-8-29(13)23(18)32)19(26)20(28-22)17-15(25)5-4-6-16(17)33-3/h4-6,13-14,27,31H,7-12H2,1-3H3/t13?,14-/m0/s1. The fourth-order valence-electron chi connectivity index (χ4n) is 5.21. The third-order valence-electron chi connectivity index (χ3n) is 6.87. The molecule has 3 aliphatic heterocycles. The monoisotopic (exact) mass is 474 g/mol. The van der Waals surface area contributed by atoms with Gasteiger partial charge < -0.3 is 29.7 Å². The number of β-amino-alcohol motifs (C(OH)–C–C–N with tert-alkyl or cyclic N) is 1. The molecule has 4 heterocycles. The van der Waals surface area contributed by atoms with Crippen LogP contribution in [-0.2, 0) is 0 Å². The van der Waals surface area contributed by atoms with Crippen molar-refractivity contribution in [1.82, 2.24) is 15.2 Å². The van der Waals surface area contributed by atoms with Gasteiger partial charge in [0, 0.05) is 31.7 Å². The van der Waals surface area contributed by atoms with Crippen LogP contribution in [0.25, 0.3) is 11.3 Å². The first-order chi connectivity index (χ1) is 16.2. The van der Waals surface area contributed by atoms with E-state index in [-0.39, 0.29) is 59.2 Å². The number of carbonyl (C=O) groups is 1. The van der Waals surface area contributed by atoms with Crippen LogP contribution in [0.5, 0.6) is 11.5 Å². The quantitative estimate of drug-likeness (QED) is 0.705. The topological polar surface area (TPSA) is 87.2 Å². The molecular weight excluding hydrogens is 446 g/mol. The number of benzene rings is 1. The Labute approximate surface area is 196 Å². The predicted octanol–water partition coefficient (Wildman–Crippen LogP) is 2.19. The van der Waals surface area contributed by atoms with E-state index in [0.717, 1.165) is 0 Å². The van der Waals surface area contributed by atoms with Crippen LogP contribution < -0.4 is 19.7 Å². The first-order valence-electron chi connectivity index (χ1n) is 11.4. The molecule has 8 nitrogen and oxygen atoms in total. The first kappa shape index (κ1) is 22.8. The lowest BCUT2D eigenvalue weighted by atomic mass is 9.99. The molecule has 1 amide bonds. The highest BCUT2D eigenvalue weighted by molar-refractivity contribution is 6.03. The van der Waals surface area contributed by atoms with Crippen molar-refractivity contribution in [2.45, 2.75) is 38.0 Å². The summed E-state index contributed by atoms with van der Waals surface area (Å²) in [6.07, 6.45) is -0.220. The van der Waals surface area contributed by atoms with Crippen molar-refractivity contribution in [3.8, 4) is 22.8 Å². The van der Waals surface area contributed by atoms with Gasteiger partial charge in [0.25, 0.3) is 5.91 Å². The Morgan fingerprint density at radius 2 is 2.09 bits per heavy atom. The van der Waals surface area contributed by atoms with E-state index in [1.165, 1.54) is 25.3 Å². The fraction of sp³-hybridized carbons (Fsp3) is 0.500. The summed E-state index contributed by atoms with van der Waals surface area (Å²) in [6.45, 7) is 5.70. The molecule has 1 unspecified atom stereocenters. The lowest BCUT2D eigenvalue weighted by Crippen LogP contribution is -2.55. The summed E-state index contributed by atoms with van der Waals surface area (Å²) < 4.78 is 42.3. The highest BCUT2D eigenvalue weighted by Crippen LogP contribution is 2.45. The number of methoxy groups -OCH3 is 1. The van der Waals surface area contributed by atoms with Gasteiger partial charge in [-0.05, 0) is 32.4 Å². The van der Waals surface area contributed by atoms with Gasteiger partial charge in [0.1, 0.15) is 35.2 Å². The maximum atomic E-state index is 16.0. The molecule has 1 aromatic carbocycles. The number of carbonyl (C=O) groups excluding carboxylic acids is 1. The molecule has 2 fully saturated rings. The van der Waals surface area contributed by atoms with Gasteiger partial charge in [0.05, 0.1) is 24.8 Å². The maximum Gasteiger partial charge on any atom is 0.261 e. The van der Waals surface area contributed by atoms with Gasteiger partial charge in [0.2, 0.25) is 0 Å². The molecule has 2 atom stereocenters. The zero-order valence-electron chi connectivity index (χ0n) is 19.4. The smallest absolute Gasteiger partial charge is 0.261 e. The van der Waals surface area contributed by atoms with E-state index in [2.05, 4.69) is 10.3 Å². The second-order valence-corrected chi connectivity index (χ2v) is 9.57. The summed E-state index contributed by atoms with van der Waals surface area (Å²) in [6, 6.07) is 3.91. The van der Waals surface area contributed by atoms with Crippen LogP contribution in [-0.4, -0.2) is 78.5 Å². The number of fused-ring (bicyclic) bond motifs is 2. The van der Waals surface area contributed by atoms with Crippen molar-refractivity contribution >= 4 is 11.7 Å². The summed E-state index contributed by atoms with van der Waals surface area (Å²) in [4.78, 5) is 21.8. The number of pyridine rings is 1. The van der Waals surface area contributed by atoms with Crippen LogP contribution in [0.1, 0.15) is 30.6 Å². The Morgan fingerprint density at radius 3 is 2.79 bits per heavy atom. The van der Waals surface area contributed by atoms with E-state index in [1.807, 2.05) is 13.8 Å². The molecule has 3 aliphatic rings.